The molecule has 1 aromatic carbocycles. The fourth-order valence-corrected chi connectivity index (χ4v) is 0.950. The van der Waals surface area contributed by atoms with Crippen molar-refractivity contribution in [3.8, 4) is 11.5 Å². The standard InChI is InChI=1S/C10H14O2.CH4O/c1-3-8-12-10-7-5-4-6-9(10)11-2;1-2/h4-7H,3,8H2,1-2H3;2H,1H3. The first kappa shape index (κ1) is 12.8. The van der Waals surface area contributed by atoms with Crippen molar-refractivity contribution in [1.82, 2.24) is 0 Å². The molecule has 0 radical (unpaired) electrons. The number of ether oxygens (including phenoxy) is 2. The van der Waals surface area contributed by atoms with E-state index in [1.165, 1.54) is 0 Å². The molecule has 1 N–H and O–H groups in total. The van der Waals surface area contributed by atoms with Crippen molar-refractivity contribution < 1.29 is 14.6 Å². The Labute approximate surface area is 85.3 Å². The van der Waals surface area contributed by atoms with E-state index in [9.17, 15) is 0 Å². The number of hydrogen-bond donors (Lipinski definition) is 1. The fraction of sp³-hybridized carbons (Fsp3) is 0.455. The van der Waals surface area contributed by atoms with Crippen LogP contribution in [0.15, 0.2) is 24.3 Å². The monoisotopic (exact) mass is 198 g/mol. The maximum atomic E-state index is 7.00. The summed E-state index contributed by atoms with van der Waals surface area (Å²) in [5.74, 6) is 1.62. The topological polar surface area (TPSA) is 38.7 Å². The molecule has 0 unspecified atom stereocenters. The first-order valence-corrected chi connectivity index (χ1v) is 4.59. The maximum absolute atomic E-state index is 7.00. The average Bonchev–Trinajstić information content (AvgIpc) is 2.29. The van der Waals surface area contributed by atoms with Crippen LogP contribution in [0.5, 0.6) is 11.5 Å². The van der Waals surface area contributed by atoms with Crippen molar-refractivity contribution in [1.29, 1.82) is 0 Å². The molecule has 3 heteroatoms. The van der Waals surface area contributed by atoms with Gasteiger partial charge in [-0.05, 0) is 18.6 Å². The molecule has 0 bridgehead atoms. The zero-order valence-electron chi connectivity index (χ0n) is 8.99. The van der Waals surface area contributed by atoms with Gasteiger partial charge in [0.1, 0.15) is 0 Å². The van der Waals surface area contributed by atoms with Gasteiger partial charge in [0, 0.05) is 7.11 Å². The Morgan fingerprint density at radius 3 is 2.21 bits per heavy atom. The lowest BCUT2D eigenvalue weighted by Crippen LogP contribution is -1.96. The van der Waals surface area contributed by atoms with Crippen molar-refractivity contribution in [2.75, 3.05) is 20.8 Å². The summed E-state index contributed by atoms with van der Waals surface area (Å²) in [6.07, 6.45) is 1.01. The van der Waals surface area contributed by atoms with E-state index in [0.29, 0.717) is 0 Å². The highest BCUT2D eigenvalue weighted by Crippen LogP contribution is 2.25. The molecule has 1 rings (SSSR count). The molecular formula is C11H18O3. The predicted molar refractivity (Wildman–Crippen MR) is 56.9 cm³/mol. The van der Waals surface area contributed by atoms with E-state index < -0.39 is 0 Å². The first-order valence-electron chi connectivity index (χ1n) is 4.59. The number of aliphatic hydroxyl groups excluding tert-OH is 1. The molecule has 3 nitrogen and oxygen atoms in total. The molecule has 0 aliphatic heterocycles. The Morgan fingerprint density at radius 2 is 1.71 bits per heavy atom. The zero-order chi connectivity index (χ0) is 10.8. The highest BCUT2D eigenvalue weighted by atomic mass is 16.5. The fourth-order valence-electron chi connectivity index (χ4n) is 0.950. The van der Waals surface area contributed by atoms with Crippen molar-refractivity contribution in [3.05, 3.63) is 24.3 Å². The highest BCUT2D eigenvalue weighted by Gasteiger charge is 1.99. The van der Waals surface area contributed by atoms with Crippen LogP contribution in [0, 0.1) is 0 Å². The third kappa shape index (κ3) is 4.14. The van der Waals surface area contributed by atoms with Gasteiger partial charge in [0.25, 0.3) is 0 Å². The van der Waals surface area contributed by atoms with Gasteiger partial charge in [-0.2, -0.15) is 0 Å². The number of para-hydroxylation sites is 2. The first-order chi connectivity index (χ1) is 6.88. The van der Waals surface area contributed by atoms with Gasteiger partial charge < -0.3 is 14.6 Å². The van der Waals surface area contributed by atoms with Crippen LogP contribution in [-0.4, -0.2) is 25.9 Å². The summed E-state index contributed by atoms with van der Waals surface area (Å²) in [6, 6.07) is 7.67. The average molecular weight is 198 g/mol. The van der Waals surface area contributed by atoms with Crippen LogP contribution >= 0.6 is 0 Å². The van der Waals surface area contributed by atoms with Crippen molar-refractivity contribution in [3.63, 3.8) is 0 Å². The van der Waals surface area contributed by atoms with Gasteiger partial charge in [-0.1, -0.05) is 19.1 Å². The van der Waals surface area contributed by atoms with E-state index in [2.05, 4.69) is 6.92 Å². The van der Waals surface area contributed by atoms with Gasteiger partial charge in [-0.3, -0.25) is 0 Å². The Kier molecular flexibility index (Phi) is 7.65. The summed E-state index contributed by atoms with van der Waals surface area (Å²) in [4.78, 5) is 0. The molecule has 0 aliphatic rings. The molecule has 0 aromatic heterocycles. The minimum absolute atomic E-state index is 0.736. The highest BCUT2D eigenvalue weighted by molar-refractivity contribution is 5.39. The van der Waals surface area contributed by atoms with Crippen molar-refractivity contribution in [2.45, 2.75) is 13.3 Å². The Hall–Kier alpha value is -1.22. The molecule has 1 aromatic rings. The van der Waals surface area contributed by atoms with Gasteiger partial charge in [0.15, 0.2) is 11.5 Å². The largest absolute Gasteiger partial charge is 0.493 e. The van der Waals surface area contributed by atoms with E-state index in [4.69, 9.17) is 14.6 Å². The lowest BCUT2D eigenvalue weighted by Gasteiger charge is -2.08. The number of methoxy groups -OCH3 is 1. The van der Waals surface area contributed by atoms with Gasteiger partial charge in [0.05, 0.1) is 13.7 Å². The second kappa shape index (κ2) is 8.38. The smallest absolute Gasteiger partial charge is 0.161 e. The Morgan fingerprint density at radius 1 is 1.14 bits per heavy atom. The summed E-state index contributed by atoms with van der Waals surface area (Å²) in [6.45, 7) is 2.82. The lowest BCUT2D eigenvalue weighted by atomic mass is 10.3. The molecule has 80 valence electrons. The van der Waals surface area contributed by atoms with E-state index in [-0.39, 0.29) is 0 Å². The molecule has 0 saturated heterocycles. The Bertz CT molecular complexity index is 236. The quantitative estimate of drug-likeness (QED) is 0.805. The summed E-state index contributed by atoms with van der Waals surface area (Å²) < 4.78 is 10.6. The normalized spacial score (nSPS) is 8.57. The van der Waals surface area contributed by atoms with Crippen LogP contribution in [0.25, 0.3) is 0 Å². The SMILES string of the molecule is CCCOc1ccccc1OC.CO. The summed E-state index contributed by atoms with van der Waals surface area (Å²) >= 11 is 0. The maximum Gasteiger partial charge on any atom is 0.161 e. The van der Waals surface area contributed by atoms with Crippen molar-refractivity contribution in [2.24, 2.45) is 0 Å². The summed E-state index contributed by atoms with van der Waals surface area (Å²) in [5, 5.41) is 7.00. The van der Waals surface area contributed by atoms with Crippen LogP contribution in [0.1, 0.15) is 13.3 Å². The third-order valence-electron chi connectivity index (χ3n) is 1.53. The molecule has 0 amide bonds. The van der Waals surface area contributed by atoms with E-state index in [1.807, 2.05) is 24.3 Å². The van der Waals surface area contributed by atoms with Gasteiger partial charge in [-0.15, -0.1) is 0 Å². The van der Waals surface area contributed by atoms with Crippen LogP contribution in [-0.2, 0) is 0 Å². The second-order valence-electron chi connectivity index (χ2n) is 2.50. The Balaban J connectivity index is 0.000000791. The minimum atomic E-state index is 0.736. The summed E-state index contributed by atoms with van der Waals surface area (Å²) in [5.41, 5.74) is 0. The molecule has 0 atom stereocenters. The molecule has 0 heterocycles. The third-order valence-corrected chi connectivity index (χ3v) is 1.53. The van der Waals surface area contributed by atoms with E-state index in [0.717, 1.165) is 31.6 Å². The second-order valence-corrected chi connectivity index (χ2v) is 2.50. The number of rotatable bonds is 4. The van der Waals surface area contributed by atoms with E-state index >= 15 is 0 Å². The predicted octanol–water partition coefficient (Wildman–Crippen LogP) is 2.09. The van der Waals surface area contributed by atoms with E-state index in [1.54, 1.807) is 7.11 Å². The molecule has 14 heavy (non-hydrogen) atoms. The van der Waals surface area contributed by atoms with Crippen LogP contribution in [0.4, 0.5) is 0 Å². The van der Waals surface area contributed by atoms with Crippen LogP contribution in [0.3, 0.4) is 0 Å². The zero-order valence-corrected chi connectivity index (χ0v) is 8.99. The molecule has 0 fully saturated rings. The van der Waals surface area contributed by atoms with Crippen molar-refractivity contribution >= 4 is 0 Å². The molecule has 0 saturated carbocycles. The van der Waals surface area contributed by atoms with Crippen LogP contribution in [0.2, 0.25) is 0 Å². The molecule has 0 spiro atoms. The van der Waals surface area contributed by atoms with Crippen LogP contribution < -0.4 is 9.47 Å². The summed E-state index contributed by atoms with van der Waals surface area (Å²) in [7, 11) is 2.65. The minimum Gasteiger partial charge on any atom is -0.493 e. The number of hydrogen-bond acceptors (Lipinski definition) is 3. The number of benzene rings is 1. The molecular weight excluding hydrogens is 180 g/mol. The van der Waals surface area contributed by atoms with Gasteiger partial charge >= 0.3 is 0 Å². The lowest BCUT2D eigenvalue weighted by molar-refractivity contribution is 0.294. The number of aliphatic hydroxyl groups is 1. The van der Waals surface area contributed by atoms with Gasteiger partial charge in [0.2, 0.25) is 0 Å². The molecule has 0 aliphatic carbocycles. The van der Waals surface area contributed by atoms with Gasteiger partial charge in [-0.25, -0.2) is 0 Å².